The normalized spacial score (nSPS) is 12.7. The number of nitrogens with zero attached hydrogens (tertiary/aromatic N) is 3. The molecule has 1 unspecified atom stereocenters. The second kappa shape index (κ2) is 11.8. The minimum Gasteiger partial charge on any atom is -0.465 e. The number of halogens is 7. The third-order valence-corrected chi connectivity index (χ3v) is 5.63. The lowest BCUT2D eigenvalue weighted by atomic mass is 9.99. The molecular weight excluding hydrogens is 560 g/mol. The molecule has 2 amide bonds. The van der Waals surface area contributed by atoms with Gasteiger partial charge < -0.3 is 15.7 Å². The Hall–Kier alpha value is -4.01. The molecule has 3 rings (SSSR count). The number of carbonyl (C=O) groups excluding carboxylic acids is 1. The van der Waals surface area contributed by atoms with Gasteiger partial charge in [-0.15, -0.1) is 5.10 Å². The van der Waals surface area contributed by atoms with Gasteiger partial charge in [0.1, 0.15) is 6.54 Å². The quantitative estimate of drug-likeness (QED) is 0.324. The molecule has 39 heavy (non-hydrogen) atoms. The fraction of sp³-hybridized carbons (Fsp3) is 0.304. The highest BCUT2D eigenvalue weighted by molar-refractivity contribution is 6.30. The smallest absolute Gasteiger partial charge is 0.416 e. The first-order valence-corrected chi connectivity index (χ1v) is 11.5. The van der Waals surface area contributed by atoms with Crippen molar-refractivity contribution in [3.63, 3.8) is 0 Å². The van der Waals surface area contributed by atoms with E-state index in [4.69, 9.17) is 16.7 Å². The fourth-order valence-electron chi connectivity index (χ4n) is 3.65. The van der Waals surface area contributed by atoms with Gasteiger partial charge in [-0.1, -0.05) is 29.8 Å². The van der Waals surface area contributed by atoms with Crippen LogP contribution < -0.4 is 16.3 Å². The molecule has 3 N–H and O–H groups in total. The Labute approximate surface area is 221 Å². The highest BCUT2D eigenvalue weighted by atomic mass is 35.5. The van der Waals surface area contributed by atoms with Crippen molar-refractivity contribution in [2.24, 2.45) is 0 Å². The average molecular weight is 580 g/mol. The monoisotopic (exact) mass is 579 g/mol. The van der Waals surface area contributed by atoms with E-state index in [2.05, 4.69) is 10.4 Å². The molecule has 210 valence electrons. The Morgan fingerprint density at radius 2 is 1.67 bits per heavy atom. The lowest BCUT2D eigenvalue weighted by Crippen LogP contribution is -2.40. The summed E-state index contributed by atoms with van der Waals surface area (Å²) in [7, 11) is 0. The van der Waals surface area contributed by atoms with E-state index in [1.54, 1.807) is 0 Å². The van der Waals surface area contributed by atoms with E-state index in [1.165, 1.54) is 30.3 Å². The van der Waals surface area contributed by atoms with Gasteiger partial charge in [0, 0.05) is 23.7 Å². The van der Waals surface area contributed by atoms with E-state index in [1.807, 2.05) is 5.32 Å². The standard InChI is InChI=1S/C23H20ClF6N5O4/c24-14-7-5-13(6-8-14)19-33-35(21(39)34(19)10-9-22(25,26)27)12-18(36)31-11-17(32-20(37)38)15-3-1-2-4-16(15)23(28,29)30/h1-8,17,32H,9-12H2,(H,31,36)(H,37,38). The number of hydrogen-bond donors (Lipinski definition) is 3. The summed E-state index contributed by atoms with van der Waals surface area (Å²) in [6.45, 7) is -2.23. The van der Waals surface area contributed by atoms with Gasteiger partial charge in [-0.05, 0) is 35.9 Å². The van der Waals surface area contributed by atoms with E-state index >= 15 is 0 Å². The highest BCUT2D eigenvalue weighted by Gasteiger charge is 2.35. The summed E-state index contributed by atoms with van der Waals surface area (Å²) < 4.78 is 80.1. The number of rotatable bonds is 9. The Morgan fingerprint density at radius 1 is 1.03 bits per heavy atom. The van der Waals surface area contributed by atoms with Crippen LogP contribution in [-0.4, -0.2) is 44.2 Å². The van der Waals surface area contributed by atoms with Gasteiger partial charge in [0.15, 0.2) is 5.82 Å². The fourth-order valence-corrected chi connectivity index (χ4v) is 3.78. The number of amides is 2. The minimum absolute atomic E-state index is 0.168. The Balaban J connectivity index is 1.84. The molecule has 0 saturated carbocycles. The van der Waals surface area contributed by atoms with Crippen LogP contribution in [0.3, 0.4) is 0 Å². The lowest BCUT2D eigenvalue weighted by molar-refractivity contribution is -0.138. The predicted octanol–water partition coefficient (Wildman–Crippen LogP) is 4.46. The zero-order valence-corrected chi connectivity index (χ0v) is 20.4. The molecule has 0 aliphatic carbocycles. The van der Waals surface area contributed by atoms with Crippen molar-refractivity contribution in [3.05, 3.63) is 75.2 Å². The molecule has 1 atom stereocenters. The third-order valence-electron chi connectivity index (χ3n) is 5.38. The predicted molar refractivity (Wildman–Crippen MR) is 126 cm³/mol. The van der Waals surface area contributed by atoms with E-state index in [-0.39, 0.29) is 11.4 Å². The van der Waals surface area contributed by atoms with Crippen LogP contribution in [0.5, 0.6) is 0 Å². The summed E-state index contributed by atoms with van der Waals surface area (Å²) in [5, 5.41) is 17.5. The average Bonchev–Trinajstić information content (AvgIpc) is 3.14. The maximum atomic E-state index is 13.4. The van der Waals surface area contributed by atoms with Gasteiger partial charge in [-0.25, -0.2) is 14.3 Å². The molecule has 0 aliphatic heterocycles. The molecule has 0 bridgehead atoms. The molecule has 9 nitrogen and oxygen atoms in total. The van der Waals surface area contributed by atoms with Crippen LogP contribution in [0, 0.1) is 0 Å². The second-order valence-corrected chi connectivity index (χ2v) is 8.62. The Morgan fingerprint density at radius 3 is 2.26 bits per heavy atom. The minimum atomic E-state index is -4.81. The van der Waals surface area contributed by atoms with Crippen LogP contribution >= 0.6 is 11.6 Å². The van der Waals surface area contributed by atoms with Crippen LogP contribution in [0.25, 0.3) is 11.4 Å². The molecule has 3 aromatic rings. The number of carboxylic acid groups (broad SMARTS) is 1. The van der Waals surface area contributed by atoms with Crippen molar-refractivity contribution >= 4 is 23.6 Å². The lowest BCUT2D eigenvalue weighted by Gasteiger charge is -2.22. The maximum absolute atomic E-state index is 13.4. The van der Waals surface area contributed by atoms with Gasteiger partial charge in [-0.3, -0.25) is 9.36 Å². The van der Waals surface area contributed by atoms with Crippen molar-refractivity contribution in [2.75, 3.05) is 6.54 Å². The van der Waals surface area contributed by atoms with Crippen LogP contribution in [0.15, 0.2) is 53.3 Å². The van der Waals surface area contributed by atoms with E-state index in [9.17, 15) is 40.7 Å². The number of alkyl halides is 6. The third kappa shape index (κ3) is 7.99. The summed E-state index contributed by atoms with van der Waals surface area (Å²) in [6, 6.07) is 8.33. The van der Waals surface area contributed by atoms with Crippen molar-refractivity contribution in [1.82, 2.24) is 25.0 Å². The van der Waals surface area contributed by atoms with Crippen molar-refractivity contribution in [2.45, 2.75) is 37.9 Å². The molecule has 16 heteroatoms. The summed E-state index contributed by atoms with van der Waals surface area (Å²) in [5.74, 6) is -1.12. The molecule has 0 spiro atoms. The molecule has 1 aromatic heterocycles. The summed E-state index contributed by atoms with van der Waals surface area (Å²) in [6.07, 6.45) is -12.4. The van der Waals surface area contributed by atoms with E-state index < -0.39 is 73.3 Å². The van der Waals surface area contributed by atoms with E-state index in [0.717, 1.165) is 22.8 Å². The first kappa shape index (κ1) is 29.5. The SMILES string of the molecule is O=C(O)NC(CNC(=O)Cn1nc(-c2ccc(Cl)cc2)n(CCC(F)(F)F)c1=O)c1ccccc1C(F)(F)F. The van der Waals surface area contributed by atoms with Crippen LogP contribution in [0.4, 0.5) is 31.1 Å². The van der Waals surface area contributed by atoms with Gasteiger partial charge in [-0.2, -0.15) is 26.3 Å². The largest absolute Gasteiger partial charge is 0.465 e. The van der Waals surface area contributed by atoms with Gasteiger partial charge in [0.05, 0.1) is 18.0 Å². The second-order valence-electron chi connectivity index (χ2n) is 8.18. The van der Waals surface area contributed by atoms with Crippen LogP contribution in [0.1, 0.15) is 23.6 Å². The molecule has 0 saturated heterocycles. The molecule has 0 radical (unpaired) electrons. The zero-order valence-electron chi connectivity index (χ0n) is 19.7. The number of carbonyl (C=O) groups is 2. The summed E-state index contributed by atoms with van der Waals surface area (Å²) in [5.41, 5.74) is -2.37. The van der Waals surface area contributed by atoms with Gasteiger partial charge >= 0.3 is 24.1 Å². The van der Waals surface area contributed by atoms with Gasteiger partial charge in [0.2, 0.25) is 5.91 Å². The number of benzene rings is 2. The van der Waals surface area contributed by atoms with Crippen LogP contribution in [-0.2, 0) is 24.1 Å². The Kier molecular flexibility index (Phi) is 8.94. The first-order valence-electron chi connectivity index (χ1n) is 11.1. The van der Waals surface area contributed by atoms with Crippen molar-refractivity contribution in [3.8, 4) is 11.4 Å². The molecule has 0 aliphatic rings. The van der Waals surface area contributed by atoms with Crippen LogP contribution in [0.2, 0.25) is 5.02 Å². The number of hydrogen-bond acceptors (Lipinski definition) is 4. The Bertz CT molecular complexity index is 1390. The topological polar surface area (TPSA) is 118 Å². The first-order chi connectivity index (χ1) is 18.2. The number of aromatic nitrogens is 3. The summed E-state index contributed by atoms with van der Waals surface area (Å²) >= 11 is 5.84. The maximum Gasteiger partial charge on any atom is 0.416 e. The molecule has 1 heterocycles. The summed E-state index contributed by atoms with van der Waals surface area (Å²) in [4.78, 5) is 36.6. The molecular formula is C23H20ClF6N5O4. The molecule has 0 fully saturated rings. The highest BCUT2D eigenvalue weighted by Crippen LogP contribution is 2.34. The number of nitrogens with one attached hydrogen (secondary N) is 2. The van der Waals surface area contributed by atoms with Gasteiger partial charge in [0.25, 0.3) is 0 Å². The van der Waals surface area contributed by atoms with Crippen molar-refractivity contribution in [1.29, 1.82) is 0 Å². The zero-order chi connectivity index (χ0) is 29.0. The van der Waals surface area contributed by atoms with Crippen molar-refractivity contribution < 1.29 is 41.0 Å². The van der Waals surface area contributed by atoms with E-state index in [0.29, 0.717) is 9.70 Å². The molecule has 2 aromatic carbocycles.